The van der Waals surface area contributed by atoms with E-state index in [0.717, 1.165) is 10.5 Å². The second-order valence-electron chi connectivity index (χ2n) is 8.84. The first-order chi connectivity index (χ1) is 17.9. The van der Waals surface area contributed by atoms with Crippen molar-refractivity contribution in [2.45, 2.75) is 31.3 Å². The average molecular weight is 521 g/mol. The molecule has 0 radical (unpaired) electrons. The van der Waals surface area contributed by atoms with Gasteiger partial charge in [0.15, 0.2) is 0 Å². The van der Waals surface area contributed by atoms with Gasteiger partial charge in [-0.2, -0.15) is 5.10 Å². The predicted octanol–water partition coefficient (Wildman–Crippen LogP) is 4.48. The highest BCUT2D eigenvalue weighted by Gasteiger charge is 2.52. The smallest absolute Gasteiger partial charge is 0.325 e. The van der Waals surface area contributed by atoms with Gasteiger partial charge < -0.3 is 14.5 Å². The number of halogens is 1. The van der Waals surface area contributed by atoms with Crippen LogP contribution < -0.4 is 10.1 Å². The molecule has 2 unspecified atom stereocenters. The van der Waals surface area contributed by atoms with Gasteiger partial charge in [0, 0.05) is 11.4 Å². The molecule has 0 saturated carbocycles. The minimum absolute atomic E-state index is 0.312. The molecule has 1 N–H and O–H groups in total. The van der Waals surface area contributed by atoms with Crippen molar-refractivity contribution in [2.75, 3.05) is 13.7 Å². The molecule has 1 aromatic heterocycles. The van der Waals surface area contributed by atoms with Crippen molar-refractivity contribution in [1.82, 2.24) is 15.2 Å². The van der Waals surface area contributed by atoms with E-state index in [-0.39, 0.29) is 0 Å². The topological polar surface area (TPSA) is 104 Å². The van der Waals surface area contributed by atoms with E-state index in [9.17, 15) is 14.4 Å². The van der Waals surface area contributed by atoms with Gasteiger partial charge in [-0.25, -0.2) is 9.80 Å². The average Bonchev–Trinajstić information content (AvgIpc) is 3.65. The van der Waals surface area contributed by atoms with E-state index in [1.807, 2.05) is 19.1 Å². The van der Waals surface area contributed by atoms with Crippen molar-refractivity contribution in [3.05, 3.63) is 88.8 Å². The fraction of sp³-hybridized carbons (Fsp3) is 0.259. The van der Waals surface area contributed by atoms with Crippen molar-refractivity contribution < 1.29 is 23.5 Å². The van der Waals surface area contributed by atoms with Gasteiger partial charge in [-0.3, -0.25) is 14.5 Å². The summed E-state index contributed by atoms with van der Waals surface area (Å²) in [4.78, 5) is 41.0. The molecule has 0 spiro atoms. The summed E-state index contributed by atoms with van der Waals surface area (Å²) >= 11 is 6.02. The number of hydrazone groups is 1. The Morgan fingerprint density at radius 1 is 1.16 bits per heavy atom. The number of hydrogen-bond donors (Lipinski definition) is 1. The molecule has 190 valence electrons. The first kappa shape index (κ1) is 24.6. The maximum absolute atomic E-state index is 13.6. The number of furan rings is 1. The first-order valence-electron chi connectivity index (χ1n) is 11.8. The molecular formula is C27H25ClN4O5. The van der Waals surface area contributed by atoms with Crippen LogP contribution in [0.2, 0.25) is 5.02 Å². The summed E-state index contributed by atoms with van der Waals surface area (Å²) in [5, 5.41) is 9.25. The van der Waals surface area contributed by atoms with E-state index in [4.69, 9.17) is 20.8 Å². The number of ether oxygens (including phenoxy) is 1. The summed E-state index contributed by atoms with van der Waals surface area (Å²) < 4.78 is 10.8. The van der Waals surface area contributed by atoms with Crippen LogP contribution >= 0.6 is 11.6 Å². The normalized spacial score (nSPS) is 21.3. The van der Waals surface area contributed by atoms with Crippen molar-refractivity contribution in [3.8, 4) is 5.75 Å². The molecule has 2 aliphatic rings. The van der Waals surface area contributed by atoms with E-state index in [1.165, 1.54) is 11.3 Å². The van der Waals surface area contributed by atoms with Crippen LogP contribution in [-0.4, -0.2) is 47.1 Å². The number of urea groups is 1. The minimum atomic E-state index is -1.27. The molecule has 3 heterocycles. The standard InChI is InChI=1S/C27H25ClN4O5/c1-3-27(18-8-12-20(36-2)13-9-18)25(34)31(26(35)29-27)16-24(33)32-22(23-5-4-14-37-23)15-21(30-32)17-6-10-19(28)11-7-17/h4-14,22H,3,15-16H2,1-2H3,(H,29,35). The summed E-state index contributed by atoms with van der Waals surface area (Å²) in [6.45, 7) is 1.35. The third kappa shape index (κ3) is 4.35. The Kier molecular flexibility index (Phi) is 6.47. The lowest BCUT2D eigenvalue weighted by molar-refractivity contribution is -0.140. The van der Waals surface area contributed by atoms with E-state index >= 15 is 0 Å². The van der Waals surface area contributed by atoms with E-state index in [2.05, 4.69) is 10.4 Å². The molecule has 2 atom stereocenters. The Balaban J connectivity index is 1.41. The monoisotopic (exact) mass is 520 g/mol. The van der Waals surface area contributed by atoms with E-state index in [0.29, 0.717) is 40.6 Å². The molecule has 0 aliphatic carbocycles. The Morgan fingerprint density at radius 2 is 1.89 bits per heavy atom. The second-order valence-corrected chi connectivity index (χ2v) is 9.27. The molecule has 9 nitrogen and oxygen atoms in total. The number of nitrogens with one attached hydrogen (secondary N) is 1. The minimum Gasteiger partial charge on any atom is -0.497 e. The Bertz CT molecular complexity index is 1350. The lowest BCUT2D eigenvalue weighted by Crippen LogP contribution is -2.45. The van der Waals surface area contributed by atoms with Crippen LogP contribution in [0, 0.1) is 0 Å². The summed E-state index contributed by atoms with van der Waals surface area (Å²) in [7, 11) is 1.55. The van der Waals surface area contributed by atoms with Gasteiger partial charge in [0.2, 0.25) is 0 Å². The highest BCUT2D eigenvalue weighted by molar-refractivity contribution is 6.30. The maximum atomic E-state index is 13.6. The van der Waals surface area contributed by atoms with Crippen LogP contribution in [0.3, 0.4) is 0 Å². The molecular weight excluding hydrogens is 496 g/mol. The molecule has 2 aromatic carbocycles. The molecule has 2 aliphatic heterocycles. The Morgan fingerprint density at radius 3 is 2.51 bits per heavy atom. The van der Waals surface area contributed by atoms with Gasteiger partial charge in [0.25, 0.3) is 11.8 Å². The van der Waals surface area contributed by atoms with Crippen LogP contribution in [0.5, 0.6) is 5.75 Å². The fourth-order valence-electron chi connectivity index (χ4n) is 4.75. The van der Waals surface area contributed by atoms with Gasteiger partial charge in [-0.15, -0.1) is 0 Å². The second kappa shape index (κ2) is 9.74. The molecule has 3 aromatic rings. The van der Waals surface area contributed by atoms with Crippen molar-refractivity contribution in [3.63, 3.8) is 0 Å². The molecule has 4 amide bonds. The lowest BCUT2D eigenvalue weighted by Gasteiger charge is -2.26. The summed E-state index contributed by atoms with van der Waals surface area (Å²) in [6.07, 6.45) is 2.25. The quantitative estimate of drug-likeness (QED) is 0.463. The molecule has 0 bridgehead atoms. The van der Waals surface area contributed by atoms with Crippen molar-refractivity contribution in [1.29, 1.82) is 0 Å². The fourth-order valence-corrected chi connectivity index (χ4v) is 4.88. The number of nitrogens with zero attached hydrogens (tertiary/aromatic N) is 3. The predicted molar refractivity (Wildman–Crippen MR) is 136 cm³/mol. The number of hydrogen-bond acceptors (Lipinski definition) is 6. The third-order valence-corrected chi connectivity index (χ3v) is 7.05. The SMILES string of the molecule is CCC1(c2ccc(OC)cc2)NC(=O)N(CC(=O)N2N=C(c3ccc(Cl)cc3)CC2c2ccco2)C1=O. The lowest BCUT2D eigenvalue weighted by atomic mass is 9.87. The van der Waals surface area contributed by atoms with Gasteiger partial charge in [-0.05, 0) is 53.9 Å². The number of carbonyl (C=O) groups is 3. The summed E-state index contributed by atoms with van der Waals surface area (Å²) in [5.74, 6) is 0.190. The Labute approximate surface area is 218 Å². The summed E-state index contributed by atoms with van der Waals surface area (Å²) in [6, 6.07) is 16.5. The van der Waals surface area contributed by atoms with Crippen molar-refractivity contribution >= 4 is 35.2 Å². The zero-order valence-corrected chi connectivity index (χ0v) is 21.1. The van der Waals surface area contributed by atoms with Gasteiger partial charge in [-0.1, -0.05) is 42.8 Å². The number of carbonyl (C=O) groups excluding carboxylic acids is 3. The third-order valence-electron chi connectivity index (χ3n) is 6.80. The van der Waals surface area contributed by atoms with Crippen LogP contribution in [0.4, 0.5) is 4.79 Å². The zero-order chi connectivity index (χ0) is 26.2. The highest BCUT2D eigenvalue weighted by atomic mass is 35.5. The number of amides is 4. The van der Waals surface area contributed by atoms with Crippen LogP contribution in [0.15, 0.2) is 76.4 Å². The van der Waals surface area contributed by atoms with E-state index in [1.54, 1.807) is 55.6 Å². The Hall–Kier alpha value is -4.11. The van der Waals surface area contributed by atoms with Gasteiger partial charge in [0.05, 0.1) is 19.1 Å². The molecule has 5 rings (SSSR count). The highest BCUT2D eigenvalue weighted by Crippen LogP contribution is 2.36. The van der Waals surface area contributed by atoms with E-state index < -0.39 is 36.0 Å². The number of benzene rings is 2. The summed E-state index contributed by atoms with van der Waals surface area (Å²) in [5.41, 5.74) is 0.828. The first-order valence-corrected chi connectivity index (χ1v) is 12.2. The zero-order valence-electron chi connectivity index (χ0n) is 20.3. The molecule has 1 fully saturated rings. The van der Waals surface area contributed by atoms with Crippen molar-refractivity contribution in [2.24, 2.45) is 5.10 Å². The molecule has 1 saturated heterocycles. The van der Waals surface area contributed by atoms with Crippen LogP contribution in [0.1, 0.15) is 42.7 Å². The van der Waals surface area contributed by atoms with Gasteiger partial charge >= 0.3 is 6.03 Å². The largest absolute Gasteiger partial charge is 0.497 e. The maximum Gasteiger partial charge on any atom is 0.325 e. The molecule has 10 heteroatoms. The van der Waals surface area contributed by atoms with Gasteiger partial charge in [0.1, 0.15) is 29.6 Å². The number of methoxy groups -OCH3 is 1. The van der Waals surface area contributed by atoms with Crippen LogP contribution in [-0.2, 0) is 15.1 Å². The number of imide groups is 1. The number of rotatable bonds is 7. The van der Waals surface area contributed by atoms with Crippen LogP contribution in [0.25, 0.3) is 0 Å². The molecule has 37 heavy (non-hydrogen) atoms.